The van der Waals surface area contributed by atoms with Crippen LogP contribution in [0.2, 0.25) is 0 Å². The van der Waals surface area contributed by atoms with E-state index in [2.05, 4.69) is 33.8 Å². The molecule has 0 saturated heterocycles. The highest BCUT2D eigenvalue weighted by Gasteiger charge is 2.24. The normalized spacial score (nSPS) is 18.5. The molecule has 0 spiro atoms. The Kier molecular flexibility index (Phi) is 3.97. The van der Waals surface area contributed by atoms with E-state index >= 15 is 0 Å². The van der Waals surface area contributed by atoms with Crippen LogP contribution < -0.4 is 10.6 Å². The maximum Gasteiger partial charge on any atom is 0.220 e. The molecule has 1 atom stereocenters. The summed E-state index contributed by atoms with van der Waals surface area (Å²) in [5, 5.41) is 6.57. The second-order valence-electron chi connectivity index (χ2n) is 6.67. The minimum absolute atomic E-state index is 0.102. The summed E-state index contributed by atoms with van der Waals surface area (Å²) in [5.74, 6) is 0.113. The number of carbonyl (C=O) groups excluding carboxylic acids is 1. The van der Waals surface area contributed by atoms with Crippen molar-refractivity contribution in [1.82, 2.24) is 10.3 Å². The van der Waals surface area contributed by atoms with Gasteiger partial charge < -0.3 is 10.6 Å². The van der Waals surface area contributed by atoms with Crippen LogP contribution in [0.15, 0.2) is 30.6 Å². The summed E-state index contributed by atoms with van der Waals surface area (Å²) in [6.07, 6.45) is 8.68. The predicted octanol–water partition coefficient (Wildman–Crippen LogP) is 3.62. The molecular weight excluding hydrogens is 298 g/mol. The molecule has 2 aliphatic rings. The van der Waals surface area contributed by atoms with Gasteiger partial charge in [-0.15, -0.1) is 0 Å². The molecule has 124 valence electrons. The number of carbonyl (C=O) groups is 1. The van der Waals surface area contributed by atoms with Gasteiger partial charge in [-0.1, -0.05) is 13.0 Å². The number of amides is 1. The lowest BCUT2D eigenvalue weighted by Crippen LogP contribution is -2.30. The summed E-state index contributed by atoms with van der Waals surface area (Å²) in [6.45, 7) is 2.92. The van der Waals surface area contributed by atoms with Crippen molar-refractivity contribution in [3.8, 4) is 11.1 Å². The maximum absolute atomic E-state index is 11.8. The zero-order valence-electron chi connectivity index (χ0n) is 14.1. The van der Waals surface area contributed by atoms with Gasteiger partial charge in [0, 0.05) is 36.6 Å². The number of aromatic nitrogens is 1. The van der Waals surface area contributed by atoms with Gasteiger partial charge in [-0.05, 0) is 60.1 Å². The number of fused-ring (bicyclic) bond motifs is 2. The zero-order valence-corrected chi connectivity index (χ0v) is 14.1. The highest BCUT2D eigenvalue weighted by atomic mass is 16.1. The first kappa shape index (κ1) is 15.2. The van der Waals surface area contributed by atoms with Crippen LogP contribution in [0.25, 0.3) is 11.1 Å². The summed E-state index contributed by atoms with van der Waals surface area (Å²) in [7, 11) is 0. The van der Waals surface area contributed by atoms with Gasteiger partial charge in [-0.25, -0.2) is 0 Å². The van der Waals surface area contributed by atoms with E-state index in [1.165, 1.54) is 33.5 Å². The highest BCUT2D eigenvalue weighted by Crippen LogP contribution is 2.37. The summed E-state index contributed by atoms with van der Waals surface area (Å²) >= 11 is 0. The average Bonchev–Trinajstić information content (AvgIpc) is 3.09. The number of rotatable bonds is 3. The third-order valence-electron chi connectivity index (χ3n) is 5.17. The molecule has 4 heteroatoms. The van der Waals surface area contributed by atoms with Gasteiger partial charge in [0.2, 0.25) is 5.91 Å². The van der Waals surface area contributed by atoms with E-state index in [0.29, 0.717) is 6.42 Å². The van der Waals surface area contributed by atoms with Crippen LogP contribution in [0, 0.1) is 0 Å². The Morgan fingerprint density at radius 1 is 1.33 bits per heavy atom. The van der Waals surface area contributed by atoms with E-state index in [1.54, 1.807) is 0 Å². The molecule has 24 heavy (non-hydrogen) atoms. The second-order valence-corrected chi connectivity index (χ2v) is 6.67. The molecule has 2 aromatic rings. The molecule has 1 unspecified atom stereocenters. The molecule has 4 rings (SSSR count). The molecule has 0 fully saturated rings. The molecular formula is C20H23N3O. The third-order valence-corrected chi connectivity index (χ3v) is 5.17. The molecule has 0 bridgehead atoms. The van der Waals surface area contributed by atoms with E-state index < -0.39 is 0 Å². The molecule has 4 nitrogen and oxygen atoms in total. The van der Waals surface area contributed by atoms with Crippen molar-refractivity contribution in [3.05, 3.63) is 47.3 Å². The van der Waals surface area contributed by atoms with Crippen molar-refractivity contribution < 1.29 is 4.79 Å². The number of nitrogens with one attached hydrogen (secondary N) is 2. The minimum Gasteiger partial charge on any atom is -0.384 e. The van der Waals surface area contributed by atoms with E-state index in [4.69, 9.17) is 0 Å². The Balaban J connectivity index is 1.73. The molecule has 1 aromatic heterocycles. The highest BCUT2D eigenvalue weighted by molar-refractivity contribution is 5.77. The van der Waals surface area contributed by atoms with E-state index in [0.717, 1.165) is 32.2 Å². The smallest absolute Gasteiger partial charge is 0.220 e. The monoisotopic (exact) mass is 321 g/mol. The minimum atomic E-state index is 0.102. The Morgan fingerprint density at radius 2 is 2.25 bits per heavy atom. The number of pyridine rings is 1. The standard InChI is InChI=1S/C20H23N3O/c1-2-20(24)23-19-5-3-4-15-16(11-21-12-17(15)19)13-6-7-18-14(10-13)8-9-22-18/h6-7,10-12,19,22H,2-5,8-9H2,1H3,(H,23,24). The number of hydrogen-bond donors (Lipinski definition) is 2. The van der Waals surface area contributed by atoms with Crippen molar-refractivity contribution in [3.63, 3.8) is 0 Å². The van der Waals surface area contributed by atoms with E-state index in [-0.39, 0.29) is 11.9 Å². The van der Waals surface area contributed by atoms with Crippen LogP contribution in [0.5, 0.6) is 0 Å². The van der Waals surface area contributed by atoms with Crippen LogP contribution in [-0.2, 0) is 17.6 Å². The average molecular weight is 321 g/mol. The quantitative estimate of drug-likeness (QED) is 0.908. The van der Waals surface area contributed by atoms with Crippen LogP contribution in [-0.4, -0.2) is 17.4 Å². The maximum atomic E-state index is 11.8. The number of nitrogens with zero attached hydrogens (tertiary/aromatic N) is 1. The van der Waals surface area contributed by atoms with Crippen molar-refractivity contribution in [2.24, 2.45) is 0 Å². The van der Waals surface area contributed by atoms with E-state index in [1.807, 2.05) is 19.3 Å². The van der Waals surface area contributed by atoms with Gasteiger partial charge in [0.1, 0.15) is 0 Å². The molecule has 1 amide bonds. The number of hydrogen-bond acceptors (Lipinski definition) is 3. The molecule has 0 radical (unpaired) electrons. The van der Waals surface area contributed by atoms with Crippen molar-refractivity contribution in [2.45, 2.75) is 45.1 Å². The predicted molar refractivity (Wildman–Crippen MR) is 96.0 cm³/mol. The van der Waals surface area contributed by atoms with Gasteiger partial charge in [-0.3, -0.25) is 9.78 Å². The van der Waals surface area contributed by atoms with Gasteiger partial charge in [0.15, 0.2) is 0 Å². The van der Waals surface area contributed by atoms with E-state index in [9.17, 15) is 4.79 Å². The molecule has 1 aliphatic carbocycles. The first-order chi connectivity index (χ1) is 11.8. The molecule has 1 aliphatic heterocycles. The Bertz CT molecular complexity index is 784. The van der Waals surface area contributed by atoms with Gasteiger partial charge in [0.05, 0.1) is 6.04 Å². The Morgan fingerprint density at radius 3 is 3.12 bits per heavy atom. The zero-order chi connectivity index (χ0) is 16.5. The summed E-state index contributed by atoms with van der Waals surface area (Å²) < 4.78 is 0. The van der Waals surface area contributed by atoms with Gasteiger partial charge in [0.25, 0.3) is 0 Å². The first-order valence-corrected chi connectivity index (χ1v) is 8.89. The number of benzene rings is 1. The van der Waals surface area contributed by atoms with Crippen LogP contribution >= 0.6 is 0 Å². The second kappa shape index (κ2) is 6.27. The lowest BCUT2D eigenvalue weighted by Gasteiger charge is -2.27. The fraction of sp³-hybridized carbons (Fsp3) is 0.400. The Labute approximate surface area is 142 Å². The lowest BCUT2D eigenvalue weighted by molar-refractivity contribution is -0.121. The third kappa shape index (κ3) is 2.66. The van der Waals surface area contributed by atoms with Crippen LogP contribution in [0.1, 0.15) is 48.9 Å². The fourth-order valence-corrected chi connectivity index (χ4v) is 3.89. The summed E-state index contributed by atoms with van der Waals surface area (Å²) in [4.78, 5) is 16.3. The molecule has 2 N–H and O–H groups in total. The van der Waals surface area contributed by atoms with Gasteiger partial charge in [-0.2, -0.15) is 0 Å². The SMILES string of the molecule is CCC(=O)NC1CCCc2c(-c3ccc4c(c3)CCN4)cncc21. The van der Waals surface area contributed by atoms with Crippen LogP contribution in [0.4, 0.5) is 5.69 Å². The van der Waals surface area contributed by atoms with Crippen molar-refractivity contribution in [1.29, 1.82) is 0 Å². The van der Waals surface area contributed by atoms with Crippen LogP contribution in [0.3, 0.4) is 0 Å². The lowest BCUT2D eigenvalue weighted by atomic mass is 9.84. The largest absolute Gasteiger partial charge is 0.384 e. The summed E-state index contributed by atoms with van der Waals surface area (Å²) in [5.41, 5.74) is 7.64. The fourth-order valence-electron chi connectivity index (χ4n) is 3.89. The Hall–Kier alpha value is -2.36. The van der Waals surface area contributed by atoms with Gasteiger partial charge >= 0.3 is 0 Å². The first-order valence-electron chi connectivity index (χ1n) is 8.89. The molecule has 0 saturated carbocycles. The summed E-state index contributed by atoms with van der Waals surface area (Å²) in [6, 6.07) is 6.75. The molecule has 1 aromatic carbocycles. The number of anilines is 1. The topological polar surface area (TPSA) is 54.0 Å². The van der Waals surface area contributed by atoms with Crippen molar-refractivity contribution >= 4 is 11.6 Å². The molecule has 2 heterocycles. The van der Waals surface area contributed by atoms with Crippen molar-refractivity contribution in [2.75, 3.05) is 11.9 Å².